The van der Waals surface area contributed by atoms with Crippen LogP contribution in [0.15, 0.2) is 64.9 Å². The van der Waals surface area contributed by atoms with E-state index in [4.69, 9.17) is 4.98 Å². The first-order valence-electron chi connectivity index (χ1n) is 10.5. The van der Waals surface area contributed by atoms with E-state index in [1.165, 1.54) is 11.3 Å². The Kier molecular flexibility index (Phi) is 6.51. The Bertz CT molecular complexity index is 1170. The quantitative estimate of drug-likeness (QED) is 0.554. The number of hydrogen-bond acceptors (Lipinski definition) is 5. The second-order valence-corrected chi connectivity index (χ2v) is 10.6. The molecule has 0 aliphatic heterocycles. The number of nitrogens with zero attached hydrogens (tertiary/aromatic N) is 2. The SMILES string of the molecule is Cc1ccc(S(=O)(=O)N[C@@H]2CCCC[C@H]2[C@H](C#N)c2nc(-c3ccccc3)cs2)cc1. The third-order valence-electron chi connectivity index (χ3n) is 5.88. The number of nitriles is 1. The van der Waals surface area contributed by atoms with Gasteiger partial charge in [-0.15, -0.1) is 11.3 Å². The van der Waals surface area contributed by atoms with Crippen LogP contribution in [-0.2, 0) is 10.0 Å². The van der Waals surface area contributed by atoms with Gasteiger partial charge in [0.25, 0.3) is 0 Å². The molecule has 2 aromatic carbocycles. The van der Waals surface area contributed by atoms with Gasteiger partial charge >= 0.3 is 0 Å². The molecule has 7 heteroatoms. The van der Waals surface area contributed by atoms with Crippen LogP contribution in [-0.4, -0.2) is 19.4 Å². The maximum atomic E-state index is 13.0. The number of benzene rings is 2. The number of aryl methyl sites for hydroxylation is 1. The summed E-state index contributed by atoms with van der Waals surface area (Å²) in [5.41, 5.74) is 2.88. The van der Waals surface area contributed by atoms with Gasteiger partial charge in [-0.25, -0.2) is 18.1 Å². The summed E-state index contributed by atoms with van der Waals surface area (Å²) in [5.74, 6) is -0.540. The van der Waals surface area contributed by atoms with E-state index >= 15 is 0 Å². The molecule has 1 aliphatic carbocycles. The Labute approximate surface area is 187 Å². The number of rotatable bonds is 6. The first kappa shape index (κ1) is 21.7. The van der Waals surface area contributed by atoms with Crippen LogP contribution in [0.25, 0.3) is 11.3 Å². The predicted octanol–water partition coefficient (Wildman–Crippen LogP) is 5.26. The fourth-order valence-corrected chi connectivity index (χ4v) is 6.46. The lowest BCUT2D eigenvalue weighted by molar-refractivity contribution is 0.271. The lowest BCUT2D eigenvalue weighted by Gasteiger charge is -2.34. The molecule has 1 saturated carbocycles. The van der Waals surface area contributed by atoms with Crippen molar-refractivity contribution in [1.29, 1.82) is 5.26 Å². The van der Waals surface area contributed by atoms with E-state index in [0.29, 0.717) is 0 Å². The summed E-state index contributed by atoms with van der Waals surface area (Å²) in [7, 11) is -3.65. The molecule has 5 nitrogen and oxygen atoms in total. The van der Waals surface area contributed by atoms with Crippen LogP contribution in [0, 0.1) is 24.2 Å². The van der Waals surface area contributed by atoms with Gasteiger partial charge in [-0.1, -0.05) is 60.9 Å². The highest BCUT2D eigenvalue weighted by Crippen LogP contribution is 2.38. The summed E-state index contributed by atoms with van der Waals surface area (Å²) in [6.45, 7) is 1.93. The molecule has 1 aromatic heterocycles. The maximum absolute atomic E-state index is 13.0. The van der Waals surface area contributed by atoms with Gasteiger partial charge in [-0.05, 0) is 37.8 Å². The largest absolute Gasteiger partial charge is 0.240 e. The van der Waals surface area contributed by atoms with Gasteiger partial charge in [0.2, 0.25) is 10.0 Å². The van der Waals surface area contributed by atoms with Gasteiger partial charge in [0.15, 0.2) is 0 Å². The molecule has 4 rings (SSSR count). The van der Waals surface area contributed by atoms with Gasteiger partial charge in [0.1, 0.15) is 10.9 Å². The zero-order valence-electron chi connectivity index (χ0n) is 17.4. The van der Waals surface area contributed by atoms with Gasteiger partial charge in [-0.3, -0.25) is 0 Å². The minimum absolute atomic E-state index is 0.103. The standard InChI is InChI=1S/C24H25N3O2S2/c1-17-11-13-19(14-12-17)31(28,29)27-22-10-6-5-9-20(22)21(15-25)24-26-23(16-30-24)18-7-3-2-4-8-18/h2-4,7-8,11-14,16,20-22,27H,5-6,9-10H2,1H3/t20-,21-,22+/m0/s1. The third kappa shape index (κ3) is 4.87. The van der Waals surface area contributed by atoms with Crippen LogP contribution in [0.2, 0.25) is 0 Å². The third-order valence-corrected chi connectivity index (χ3v) is 8.32. The molecule has 0 spiro atoms. The van der Waals surface area contributed by atoms with E-state index in [0.717, 1.165) is 47.5 Å². The van der Waals surface area contributed by atoms with E-state index in [2.05, 4.69) is 10.8 Å². The molecule has 3 aromatic rings. The molecule has 1 fully saturated rings. The summed E-state index contributed by atoms with van der Waals surface area (Å²) in [6.07, 6.45) is 3.47. The lowest BCUT2D eigenvalue weighted by atomic mass is 9.77. The minimum atomic E-state index is -3.65. The van der Waals surface area contributed by atoms with Gasteiger partial charge < -0.3 is 0 Å². The smallest absolute Gasteiger partial charge is 0.240 e. The average molecular weight is 452 g/mol. The molecular formula is C24H25N3O2S2. The molecular weight excluding hydrogens is 426 g/mol. The highest BCUT2D eigenvalue weighted by atomic mass is 32.2. The molecule has 1 N–H and O–H groups in total. The Balaban J connectivity index is 1.58. The molecule has 0 radical (unpaired) electrons. The Morgan fingerprint density at radius 2 is 1.81 bits per heavy atom. The fourth-order valence-electron chi connectivity index (χ4n) is 4.20. The number of nitrogens with one attached hydrogen (secondary N) is 1. The molecule has 1 heterocycles. The highest BCUT2D eigenvalue weighted by molar-refractivity contribution is 7.89. The van der Waals surface area contributed by atoms with Gasteiger partial charge in [-0.2, -0.15) is 5.26 Å². The van der Waals surface area contributed by atoms with E-state index in [9.17, 15) is 13.7 Å². The Morgan fingerprint density at radius 3 is 2.52 bits per heavy atom. The Hall–Kier alpha value is -2.53. The molecule has 31 heavy (non-hydrogen) atoms. The van der Waals surface area contributed by atoms with Crippen LogP contribution in [0.5, 0.6) is 0 Å². The van der Waals surface area contributed by atoms with Crippen LogP contribution >= 0.6 is 11.3 Å². The van der Waals surface area contributed by atoms with Crippen LogP contribution < -0.4 is 4.72 Å². The topological polar surface area (TPSA) is 82.9 Å². The van der Waals surface area contributed by atoms with E-state index < -0.39 is 15.9 Å². The van der Waals surface area contributed by atoms with Crippen LogP contribution in [0.4, 0.5) is 0 Å². The molecule has 0 saturated heterocycles. The van der Waals surface area contributed by atoms with Crippen molar-refractivity contribution >= 4 is 21.4 Å². The lowest BCUT2D eigenvalue weighted by Crippen LogP contribution is -2.44. The summed E-state index contributed by atoms with van der Waals surface area (Å²) in [6, 6.07) is 18.9. The van der Waals surface area contributed by atoms with Crippen LogP contribution in [0.1, 0.15) is 42.2 Å². The first-order valence-corrected chi connectivity index (χ1v) is 12.8. The second-order valence-electron chi connectivity index (χ2n) is 8.03. The minimum Gasteiger partial charge on any atom is -0.240 e. The highest BCUT2D eigenvalue weighted by Gasteiger charge is 2.37. The van der Waals surface area contributed by atoms with Gasteiger partial charge in [0.05, 0.1) is 16.7 Å². The summed E-state index contributed by atoms with van der Waals surface area (Å²) >= 11 is 1.48. The second kappa shape index (κ2) is 9.31. The monoisotopic (exact) mass is 451 g/mol. The zero-order chi connectivity index (χ0) is 21.8. The normalized spacial score (nSPS) is 20.1. The van der Waals surface area contributed by atoms with Crippen molar-refractivity contribution in [3.8, 4) is 17.3 Å². The number of aromatic nitrogens is 1. The average Bonchev–Trinajstić information content (AvgIpc) is 3.26. The predicted molar refractivity (Wildman–Crippen MR) is 123 cm³/mol. The molecule has 0 bridgehead atoms. The number of sulfonamides is 1. The van der Waals surface area contributed by atoms with Crippen molar-refractivity contribution < 1.29 is 8.42 Å². The van der Waals surface area contributed by atoms with Crippen molar-refractivity contribution in [2.45, 2.75) is 49.5 Å². The van der Waals surface area contributed by atoms with E-state index in [1.54, 1.807) is 24.3 Å². The summed E-state index contributed by atoms with van der Waals surface area (Å²) in [5, 5.41) is 12.7. The van der Waals surface area contributed by atoms with Crippen molar-refractivity contribution in [2.24, 2.45) is 5.92 Å². The summed E-state index contributed by atoms with van der Waals surface area (Å²) in [4.78, 5) is 5.01. The van der Waals surface area contributed by atoms with Crippen molar-refractivity contribution in [2.75, 3.05) is 0 Å². The first-order chi connectivity index (χ1) is 15.0. The molecule has 0 amide bonds. The molecule has 160 valence electrons. The van der Waals surface area contributed by atoms with Crippen molar-refractivity contribution in [3.05, 3.63) is 70.5 Å². The fraction of sp³-hybridized carbons (Fsp3) is 0.333. The van der Waals surface area contributed by atoms with E-state index in [1.807, 2.05) is 42.6 Å². The molecule has 3 atom stereocenters. The number of hydrogen-bond donors (Lipinski definition) is 1. The Morgan fingerprint density at radius 1 is 1.10 bits per heavy atom. The van der Waals surface area contributed by atoms with Crippen molar-refractivity contribution in [3.63, 3.8) is 0 Å². The van der Waals surface area contributed by atoms with Gasteiger partial charge in [0, 0.05) is 17.0 Å². The number of thiazole rings is 1. The van der Waals surface area contributed by atoms with Crippen molar-refractivity contribution in [1.82, 2.24) is 9.71 Å². The summed E-state index contributed by atoms with van der Waals surface area (Å²) < 4.78 is 28.9. The van der Waals surface area contributed by atoms with E-state index in [-0.39, 0.29) is 16.9 Å². The molecule has 1 aliphatic rings. The zero-order valence-corrected chi connectivity index (χ0v) is 19.0. The van der Waals surface area contributed by atoms with Crippen LogP contribution in [0.3, 0.4) is 0 Å². The molecule has 0 unspecified atom stereocenters. The maximum Gasteiger partial charge on any atom is 0.240 e.